The van der Waals surface area contributed by atoms with Gasteiger partial charge in [0.2, 0.25) is 5.09 Å². The Hall–Kier alpha value is -3.69. The predicted octanol–water partition coefficient (Wildman–Crippen LogP) is 7.52. The second-order valence-electron chi connectivity index (χ2n) is 9.88. The van der Waals surface area contributed by atoms with Gasteiger partial charge in [0.1, 0.15) is 17.0 Å². The zero-order chi connectivity index (χ0) is 29.2. The van der Waals surface area contributed by atoms with E-state index >= 15 is 0 Å². The summed E-state index contributed by atoms with van der Waals surface area (Å²) >= 11 is 0. The van der Waals surface area contributed by atoms with Crippen molar-refractivity contribution in [3.63, 3.8) is 0 Å². The lowest BCUT2D eigenvalue weighted by Crippen LogP contribution is -2.17. The number of para-hydroxylation sites is 1. The van der Waals surface area contributed by atoms with E-state index in [-0.39, 0.29) is 23.9 Å². The summed E-state index contributed by atoms with van der Waals surface area (Å²) in [5.74, 6) is -0.379. The van der Waals surface area contributed by atoms with E-state index < -0.39 is 10.0 Å². The van der Waals surface area contributed by atoms with Gasteiger partial charge in [0, 0.05) is 24.2 Å². The highest BCUT2D eigenvalue weighted by molar-refractivity contribution is 7.89. The molecule has 0 spiro atoms. The van der Waals surface area contributed by atoms with E-state index in [1.54, 1.807) is 42.6 Å². The van der Waals surface area contributed by atoms with Gasteiger partial charge in [0.25, 0.3) is 6.47 Å². The highest BCUT2D eigenvalue weighted by Gasteiger charge is 2.26. The second kappa shape index (κ2) is 15.2. The molecule has 0 aliphatic carbocycles. The van der Waals surface area contributed by atoms with E-state index in [1.165, 1.54) is 22.2 Å². The molecule has 2 heterocycles. The summed E-state index contributed by atoms with van der Waals surface area (Å²) in [5, 5.41) is 0.578. The smallest absolute Gasteiger partial charge is 0.301 e. The molecule has 2 aromatic heterocycles. The fourth-order valence-corrected chi connectivity index (χ4v) is 4.66. The summed E-state index contributed by atoms with van der Waals surface area (Å²) in [4.78, 5) is 11.5. The molecule has 0 N–H and O–H groups in total. The quantitative estimate of drug-likeness (QED) is 0.176. The van der Waals surface area contributed by atoms with Crippen LogP contribution in [0.25, 0.3) is 22.2 Å². The monoisotopic (exact) mass is 572 g/mol. The van der Waals surface area contributed by atoms with E-state index in [0.29, 0.717) is 35.2 Å². The van der Waals surface area contributed by atoms with Crippen LogP contribution in [0, 0.1) is 5.82 Å². The Bertz CT molecular complexity index is 1440. The Labute approximate surface area is 237 Å². The standard InChI is InChI=1S/C21H19FN2O3S.C5H10O2.C4H8.CH4/c1-23(2)13-15-11-19(16-7-9-18(22)10-8-16)24(14-15)28(25,26)21-12-17-5-3-4-6-20(17)27-21;1-5(2,3)7-4-6;1-3-4-2;/h3-12,14H,13H2,1-2H3;4H,1-3H3;3-4H,1-2H3;1H4. The lowest BCUT2D eigenvalue weighted by atomic mass is 10.1. The van der Waals surface area contributed by atoms with Crippen LogP contribution in [0.3, 0.4) is 0 Å². The van der Waals surface area contributed by atoms with Crippen LogP contribution < -0.4 is 0 Å². The Kier molecular flexibility index (Phi) is 13.0. The van der Waals surface area contributed by atoms with Gasteiger partial charge in [-0.1, -0.05) is 37.8 Å². The summed E-state index contributed by atoms with van der Waals surface area (Å²) in [6.45, 7) is 10.5. The fourth-order valence-electron chi connectivity index (χ4n) is 3.30. The summed E-state index contributed by atoms with van der Waals surface area (Å²) in [7, 11) is -0.156. The van der Waals surface area contributed by atoms with Crippen LogP contribution in [-0.4, -0.2) is 43.5 Å². The minimum absolute atomic E-state index is 0. The molecule has 218 valence electrons. The molecule has 0 atom stereocenters. The van der Waals surface area contributed by atoms with E-state index in [9.17, 15) is 17.6 Å². The maximum Gasteiger partial charge on any atom is 0.301 e. The molecule has 0 bridgehead atoms. The van der Waals surface area contributed by atoms with Crippen molar-refractivity contribution in [3.05, 3.63) is 90.4 Å². The Morgan fingerprint density at radius 3 is 2.08 bits per heavy atom. The number of hydrogen-bond acceptors (Lipinski definition) is 6. The van der Waals surface area contributed by atoms with Gasteiger partial charge in [-0.3, -0.25) is 4.79 Å². The molecule has 0 unspecified atom stereocenters. The number of carbonyl (C=O) groups excluding carboxylic acids is 1. The van der Waals surface area contributed by atoms with Crippen LogP contribution in [0.2, 0.25) is 0 Å². The Morgan fingerprint density at radius 2 is 1.60 bits per heavy atom. The SMILES string of the molecule is C.CC(C)(C)OC=O.CC=CC.CN(C)Cc1cc(-c2ccc(F)cc2)n(S(=O)(=O)c2cc3ccccc3o2)c1. The van der Waals surface area contributed by atoms with Gasteiger partial charge in [-0.15, -0.1) is 0 Å². The number of nitrogens with zero attached hydrogens (tertiary/aromatic N) is 2. The molecule has 4 rings (SSSR count). The van der Waals surface area contributed by atoms with Crippen molar-refractivity contribution >= 4 is 27.5 Å². The summed E-state index contributed by atoms with van der Waals surface area (Å²) in [5.41, 5.74) is 2.07. The van der Waals surface area contributed by atoms with E-state index in [0.717, 1.165) is 5.56 Å². The van der Waals surface area contributed by atoms with Crippen molar-refractivity contribution in [1.29, 1.82) is 0 Å². The maximum absolute atomic E-state index is 13.4. The third-order valence-corrected chi connectivity index (χ3v) is 6.66. The molecule has 0 aliphatic heterocycles. The normalized spacial score (nSPS) is 11.3. The molecule has 0 aliphatic rings. The van der Waals surface area contributed by atoms with Crippen LogP contribution >= 0.6 is 0 Å². The van der Waals surface area contributed by atoms with Gasteiger partial charge in [-0.05, 0) is 96.2 Å². The zero-order valence-corrected chi connectivity index (χ0v) is 24.3. The number of fused-ring (bicyclic) bond motifs is 1. The largest absolute Gasteiger partial charge is 0.462 e. The molecule has 2 aromatic carbocycles. The number of aromatic nitrogens is 1. The van der Waals surface area contributed by atoms with Gasteiger partial charge in [-0.25, -0.2) is 8.36 Å². The van der Waals surface area contributed by atoms with Crippen LogP contribution in [0.1, 0.15) is 47.6 Å². The number of allylic oxidation sites excluding steroid dienone is 2. The molecule has 7 nitrogen and oxygen atoms in total. The Balaban J connectivity index is 0.000000570. The average Bonchev–Trinajstić information content (AvgIpc) is 3.49. The van der Waals surface area contributed by atoms with Crippen molar-refractivity contribution in [2.75, 3.05) is 14.1 Å². The van der Waals surface area contributed by atoms with Crippen molar-refractivity contribution in [2.24, 2.45) is 0 Å². The first-order valence-corrected chi connectivity index (χ1v) is 13.8. The van der Waals surface area contributed by atoms with Crippen LogP contribution in [0.5, 0.6) is 0 Å². The van der Waals surface area contributed by atoms with E-state index in [4.69, 9.17) is 4.42 Å². The molecule has 4 aromatic rings. The highest BCUT2D eigenvalue weighted by atomic mass is 32.2. The molecule has 9 heteroatoms. The first-order valence-electron chi connectivity index (χ1n) is 12.4. The van der Waals surface area contributed by atoms with Gasteiger partial charge in [0.05, 0.1) is 5.69 Å². The second-order valence-corrected chi connectivity index (χ2v) is 11.6. The molecular formula is C31H41FN2O5S. The van der Waals surface area contributed by atoms with Crippen LogP contribution in [0.4, 0.5) is 4.39 Å². The van der Waals surface area contributed by atoms with Gasteiger partial charge < -0.3 is 14.1 Å². The van der Waals surface area contributed by atoms with Crippen molar-refractivity contribution < 1.29 is 26.8 Å². The molecule has 0 fully saturated rings. The summed E-state index contributed by atoms with van der Waals surface area (Å²) in [6.07, 6.45) is 5.58. The topological polar surface area (TPSA) is 81.8 Å². The lowest BCUT2D eigenvalue weighted by Gasteiger charge is -2.14. The number of halogens is 1. The van der Waals surface area contributed by atoms with E-state index in [1.807, 2.05) is 71.8 Å². The lowest BCUT2D eigenvalue weighted by molar-refractivity contribution is -0.138. The molecular weight excluding hydrogens is 531 g/mol. The summed E-state index contributed by atoms with van der Waals surface area (Å²) < 4.78 is 51.4. The van der Waals surface area contributed by atoms with Crippen molar-refractivity contribution in [3.8, 4) is 11.3 Å². The third kappa shape index (κ3) is 9.81. The predicted molar refractivity (Wildman–Crippen MR) is 160 cm³/mol. The molecule has 40 heavy (non-hydrogen) atoms. The highest BCUT2D eigenvalue weighted by Crippen LogP contribution is 2.30. The number of hydrogen-bond donors (Lipinski definition) is 0. The third-order valence-electron chi connectivity index (χ3n) is 5.13. The van der Waals surface area contributed by atoms with Crippen LogP contribution in [0.15, 0.2) is 88.5 Å². The number of benzene rings is 2. The minimum atomic E-state index is -3.97. The maximum atomic E-state index is 13.4. The summed E-state index contributed by atoms with van der Waals surface area (Å²) in [6, 6.07) is 16.2. The Morgan fingerprint density at radius 1 is 1.00 bits per heavy atom. The first-order chi connectivity index (χ1) is 18.3. The minimum Gasteiger partial charge on any atom is -0.462 e. The number of rotatable bonds is 6. The number of furan rings is 1. The molecule has 0 saturated heterocycles. The van der Waals surface area contributed by atoms with Gasteiger partial charge in [0.15, 0.2) is 0 Å². The number of ether oxygens (including phenoxy) is 1. The van der Waals surface area contributed by atoms with Crippen molar-refractivity contribution in [2.45, 2.75) is 59.3 Å². The van der Waals surface area contributed by atoms with Crippen LogP contribution in [-0.2, 0) is 26.1 Å². The fraction of sp³-hybridized carbons (Fsp3) is 0.323. The van der Waals surface area contributed by atoms with Crippen molar-refractivity contribution in [1.82, 2.24) is 8.87 Å². The van der Waals surface area contributed by atoms with E-state index in [2.05, 4.69) is 4.74 Å². The van der Waals surface area contributed by atoms with Gasteiger partial charge in [-0.2, -0.15) is 8.42 Å². The van der Waals surface area contributed by atoms with Gasteiger partial charge >= 0.3 is 10.0 Å². The first kappa shape index (κ1) is 34.3. The molecule has 0 saturated carbocycles. The molecule has 0 amide bonds. The zero-order valence-electron chi connectivity index (χ0n) is 23.5. The number of carbonyl (C=O) groups is 1. The molecule has 0 radical (unpaired) electrons. The average molecular weight is 573 g/mol.